The zero-order valence-electron chi connectivity index (χ0n) is 9.53. The fraction of sp³-hybridized carbons (Fsp3) is 0.273. The molecule has 1 unspecified atom stereocenters. The van der Waals surface area contributed by atoms with Crippen molar-refractivity contribution in [3.63, 3.8) is 0 Å². The third-order valence-corrected chi connectivity index (χ3v) is 2.31. The maximum absolute atomic E-state index is 13.2. The van der Waals surface area contributed by atoms with Crippen LogP contribution in [0.5, 0.6) is 0 Å². The van der Waals surface area contributed by atoms with E-state index in [-0.39, 0.29) is 6.42 Å². The van der Waals surface area contributed by atoms with Gasteiger partial charge in [0.15, 0.2) is 23.3 Å². The van der Waals surface area contributed by atoms with E-state index in [1.807, 2.05) is 5.32 Å². The van der Waals surface area contributed by atoms with E-state index in [0.717, 1.165) is 0 Å². The maximum atomic E-state index is 13.2. The van der Waals surface area contributed by atoms with Gasteiger partial charge in [0.25, 0.3) is 5.91 Å². The van der Waals surface area contributed by atoms with E-state index in [2.05, 4.69) is 0 Å². The van der Waals surface area contributed by atoms with E-state index < -0.39 is 46.6 Å². The van der Waals surface area contributed by atoms with Crippen LogP contribution in [0.15, 0.2) is 0 Å². The number of rotatable bonds is 3. The van der Waals surface area contributed by atoms with Gasteiger partial charge in [-0.15, -0.1) is 0 Å². The zero-order valence-corrected chi connectivity index (χ0v) is 9.53. The van der Waals surface area contributed by atoms with E-state index in [1.165, 1.54) is 6.92 Å². The molecule has 0 bridgehead atoms. The van der Waals surface area contributed by atoms with Crippen molar-refractivity contribution in [2.45, 2.75) is 19.4 Å². The van der Waals surface area contributed by atoms with Gasteiger partial charge in [-0.1, -0.05) is 6.92 Å². The number of nitriles is 1. The number of carbonyl (C=O) groups is 1. The highest BCUT2D eigenvalue weighted by Crippen LogP contribution is 2.22. The first-order chi connectivity index (χ1) is 8.84. The van der Waals surface area contributed by atoms with Crippen molar-refractivity contribution in [1.82, 2.24) is 5.32 Å². The van der Waals surface area contributed by atoms with Crippen LogP contribution in [0.25, 0.3) is 0 Å². The molecular weight excluding hydrogens is 271 g/mol. The summed E-state index contributed by atoms with van der Waals surface area (Å²) in [4.78, 5) is 11.4. The van der Waals surface area contributed by atoms with Gasteiger partial charge in [-0.2, -0.15) is 5.26 Å². The van der Waals surface area contributed by atoms with Gasteiger partial charge in [-0.25, -0.2) is 22.0 Å². The summed E-state index contributed by atoms with van der Waals surface area (Å²) in [6.07, 6.45) is 0.109. The third-order valence-electron chi connectivity index (χ3n) is 2.31. The highest BCUT2D eigenvalue weighted by atomic mass is 19.2. The van der Waals surface area contributed by atoms with Gasteiger partial charge in [0.05, 0.1) is 6.07 Å². The van der Waals surface area contributed by atoms with Crippen LogP contribution in [0.4, 0.5) is 22.0 Å². The van der Waals surface area contributed by atoms with Gasteiger partial charge in [-0.3, -0.25) is 4.79 Å². The molecule has 0 saturated heterocycles. The Labute approximate surface area is 104 Å². The van der Waals surface area contributed by atoms with E-state index in [0.29, 0.717) is 0 Å². The van der Waals surface area contributed by atoms with Crippen LogP contribution < -0.4 is 5.32 Å². The van der Waals surface area contributed by atoms with E-state index in [9.17, 15) is 26.7 Å². The van der Waals surface area contributed by atoms with Crippen molar-refractivity contribution in [2.75, 3.05) is 0 Å². The Morgan fingerprint density at radius 3 is 1.89 bits per heavy atom. The zero-order chi connectivity index (χ0) is 14.7. The molecule has 0 aliphatic heterocycles. The molecule has 0 heterocycles. The van der Waals surface area contributed by atoms with Gasteiger partial charge in [0.1, 0.15) is 11.6 Å². The molecule has 1 amide bonds. The second-order valence-electron chi connectivity index (χ2n) is 3.51. The Morgan fingerprint density at radius 2 is 1.53 bits per heavy atom. The average Bonchev–Trinajstić information content (AvgIpc) is 2.40. The minimum Gasteiger partial charge on any atom is -0.336 e. The summed E-state index contributed by atoms with van der Waals surface area (Å²) >= 11 is 0. The second-order valence-corrected chi connectivity index (χ2v) is 3.51. The molecule has 0 saturated carbocycles. The molecule has 1 aromatic carbocycles. The number of hydrogen-bond donors (Lipinski definition) is 1. The monoisotopic (exact) mass is 278 g/mol. The molecule has 0 aliphatic rings. The summed E-state index contributed by atoms with van der Waals surface area (Å²) in [6.45, 7) is 1.49. The molecule has 1 rings (SSSR count). The largest absolute Gasteiger partial charge is 0.336 e. The van der Waals surface area contributed by atoms with Crippen LogP contribution in [0.1, 0.15) is 23.7 Å². The van der Waals surface area contributed by atoms with Gasteiger partial charge in [0, 0.05) is 0 Å². The summed E-state index contributed by atoms with van der Waals surface area (Å²) in [5.41, 5.74) is -1.61. The fourth-order valence-corrected chi connectivity index (χ4v) is 1.26. The van der Waals surface area contributed by atoms with Gasteiger partial charge >= 0.3 is 0 Å². The maximum Gasteiger partial charge on any atom is 0.258 e. The molecule has 1 aromatic rings. The topological polar surface area (TPSA) is 52.9 Å². The van der Waals surface area contributed by atoms with Crippen molar-refractivity contribution in [2.24, 2.45) is 0 Å². The number of carbonyl (C=O) groups excluding carboxylic acids is 1. The molecule has 1 atom stereocenters. The molecular formula is C11H7F5N2O. The van der Waals surface area contributed by atoms with Crippen LogP contribution in [0.2, 0.25) is 0 Å². The Balaban J connectivity index is 3.29. The van der Waals surface area contributed by atoms with Gasteiger partial charge in [0.2, 0.25) is 5.82 Å². The van der Waals surface area contributed by atoms with Crippen LogP contribution >= 0.6 is 0 Å². The molecule has 102 valence electrons. The lowest BCUT2D eigenvalue weighted by Gasteiger charge is -2.11. The minimum atomic E-state index is -2.35. The number of benzene rings is 1. The Morgan fingerprint density at radius 1 is 1.11 bits per heavy atom. The van der Waals surface area contributed by atoms with Crippen molar-refractivity contribution < 1.29 is 26.7 Å². The highest BCUT2D eigenvalue weighted by molar-refractivity contribution is 5.95. The molecule has 0 radical (unpaired) electrons. The van der Waals surface area contributed by atoms with Crippen molar-refractivity contribution in [3.05, 3.63) is 34.6 Å². The smallest absolute Gasteiger partial charge is 0.258 e. The van der Waals surface area contributed by atoms with Crippen LogP contribution in [0.3, 0.4) is 0 Å². The Bertz CT molecular complexity index is 538. The van der Waals surface area contributed by atoms with Crippen LogP contribution in [0, 0.1) is 40.4 Å². The summed E-state index contributed by atoms with van der Waals surface area (Å²) in [5, 5.41) is 10.4. The van der Waals surface area contributed by atoms with E-state index in [4.69, 9.17) is 5.26 Å². The predicted octanol–water partition coefficient (Wildman–Crippen LogP) is 2.41. The molecule has 3 nitrogen and oxygen atoms in total. The predicted molar refractivity (Wildman–Crippen MR) is 53.4 cm³/mol. The summed E-state index contributed by atoms with van der Waals surface area (Å²) < 4.78 is 65.0. The molecule has 8 heteroatoms. The Hall–Kier alpha value is -2.17. The van der Waals surface area contributed by atoms with Gasteiger partial charge in [-0.05, 0) is 6.42 Å². The highest BCUT2D eigenvalue weighted by Gasteiger charge is 2.30. The molecule has 1 N–H and O–H groups in total. The number of nitrogens with zero attached hydrogens (tertiary/aromatic N) is 1. The normalized spacial score (nSPS) is 11.8. The summed E-state index contributed by atoms with van der Waals surface area (Å²) in [5.74, 6) is -12.8. The van der Waals surface area contributed by atoms with Crippen molar-refractivity contribution in [3.8, 4) is 6.07 Å². The first kappa shape index (κ1) is 14.9. The lowest BCUT2D eigenvalue weighted by molar-refractivity contribution is 0.0933. The lowest BCUT2D eigenvalue weighted by Crippen LogP contribution is -2.35. The first-order valence-corrected chi connectivity index (χ1v) is 5.07. The van der Waals surface area contributed by atoms with Gasteiger partial charge < -0.3 is 5.32 Å². The molecule has 0 spiro atoms. The fourth-order valence-electron chi connectivity index (χ4n) is 1.26. The van der Waals surface area contributed by atoms with Crippen molar-refractivity contribution in [1.29, 1.82) is 5.26 Å². The standard InChI is InChI=1S/C11H7F5N2O/c1-2-4(3-17)18-11(19)5-6(12)8(14)10(16)9(15)7(5)13/h4H,2H2,1H3,(H,18,19). The quantitative estimate of drug-likeness (QED) is 0.524. The number of hydrogen-bond acceptors (Lipinski definition) is 2. The van der Waals surface area contributed by atoms with Crippen LogP contribution in [-0.2, 0) is 0 Å². The minimum absolute atomic E-state index is 0.109. The van der Waals surface area contributed by atoms with E-state index >= 15 is 0 Å². The number of halogens is 5. The molecule has 0 aliphatic carbocycles. The number of amides is 1. The molecule has 0 fully saturated rings. The molecule has 19 heavy (non-hydrogen) atoms. The third kappa shape index (κ3) is 2.65. The molecule has 0 aromatic heterocycles. The first-order valence-electron chi connectivity index (χ1n) is 5.07. The lowest BCUT2D eigenvalue weighted by atomic mass is 10.1. The van der Waals surface area contributed by atoms with Crippen molar-refractivity contribution >= 4 is 5.91 Å². The second kappa shape index (κ2) is 5.65. The van der Waals surface area contributed by atoms with Crippen LogP contribution in [-0.4, -0.2) is 11.9 Å². The average molecular weight is 278 g/mol. The number of nitrogens with one attached hydrogen (secondary N) is 1. The SMILES string of the molecule is CCC(C#N)NC(=O)c1c(F)c(F)c(F)c(F)c1F. The Kier molecular flexibility index (Phi) is 4.43. The summed E-state index contributed by atoms with van der Waals surface area (Å²) in [6, 6.07) is 0.499. The van der Waals surface area contributed by atoms with E-state index in [1.54, 1.807) is 6.07 Å². The summed E-state index contributed by atoms with van der Waals surface area (Å²) in [7, 11) is 0.